The molecule has 0 aliphatic carbocycles. The van der Waals surface area contributed by atoms with Gasteiger partial charge in [0.05, 0.1) is 16.8 Å². The zero-order chi connectivity index (χ0) is 19.3. The highest BCUT2D eigenvalue weighted by Gasteiger charge is 2.45. The maximum Gasteiger partial charge on any atom is 0.262 e. The number of carbonyl (C=O) groups is 4. The van der Waals surface area contributed by atoms with Gasteiger partial charge in [-0.2, -0.15) is 0 Å². The maximum absolute atomic E-state index is 14.6. The number of nitrogens with zero attached hydrogens (tertiary/aromatic N) is 2. The van der Waals surface area contributed by atoms with Crippen LogP contribution in [0.4, 0.5) is 10.1 Å². The number of hydrogen-bond donors (Lipinski definition) is 2. The number of rotatable bonds is 2. The number of hydrogen-bond acceptors (Lipinski definition) is 6. The van der Waals surface area contributed by atoms with Gasteiger partial charge in [-0.15, -0.1) is 12.4 Å². The fourth-order valence-electron chi connectivity index (χ4n) is 3.86. The van der Waals surface area contributed by atoms with Crippen molar-refractivity contribution in [1.82, 2.24) is 10.2 Å². The van der Waals surface area contributed by atoms with Crippen molar-refractivity contribution in [2.24, 2.45) is 5.73 Å². The number of nitrogens with two attached hydrogens (primary N) is 1. The molecule has 0 bridgehead atoms. The van der Waals surface area contributed by atoms with E-state index in [-0.39, 0.29) is 48.1 Å². The van der Waals surface area contributed by atoms with Crippen molar-refractivity contribution < 1.29 is 23.6 Å². The van der Waals surface area contributed by atoms with Crippen LogP contribution >= 0.6 is 12.4 Å². The number of nitrogens with one attached hydrogen (secondary N) is 1. The van der Waals surface area contributed by atoms with E-state index in [4.69, 9.17) is 5.73 Å². The summed E-state index contributed by atoms with van der Waals surface area (Å²) in [5.74, 6) is -3.07. The molecule has 3 N–H and O–H groups in total. The van der Waals surface area contributed by atoms with Gasteiger partial charge < -0.3 is 10.6 Å². The average Bonchev–Trinajstić information content (AvgIpc) is 2.86. The molecule has 0 aromatic heterocycles. The summed E-state index contributed by atoms with van der Waals surface area (Å²) >= 11 is 0. The Morgan fingerprint density at radius 1 is 1.00 bits per heavy atom. The monoisotopic (exact) mass is 410 g/mol. The third kappa shape index (κ3) is 3.24. The van der Waals surface area contributed by atoms with Crippen LogP contribution < -0.4 is 16.0 Å². The van der Waals surface area contributed by atoms with Crippen LogP contribution in [0.25, 0.3) is 0 Å². The Kier molecular flexibility index (Phi) is 5.40. The lowest BCUT2D eigenvalue weighted by Gasteiger charge is -2.32. The van der Waals surface area contributed by atoms with E-state index in [1.807, 2.05) is 4.90 Å². The van der Waals surface area contributed by atoms with Crippen LogP contribution in [0.15, 0.2) is 12.1 Å². The summed E-state index contributed by atoms with van der Waals surface area (Å²) < 4.78 is 14.6. The molecule has 8 nitrogen and oxygen atoms in total. The van der Waals surface area contributed by atoms with E-state index in [0.717, 1.165) is 11.0 Å². The normalized spacial score (nSPS) is 22.9. The molecule has 150 valence electrons. The summed E-state index contributed by atoms with van der Waals surface area (Å²) in [5.41, 5.74) is 6.16. The number of carbonyl (C=O) groups excluding carboxylic acids is 4. The third-order valence-corrected chi connectivity index (χ3v) is 5.39. The first-order valence-electron chi connectivity index (χ1n) is 8.92. The van der Waals surface area contributed by atoms with Gasteiger partial charge in [-0.25, -0.2) is 4.39 Å². The molecule has 1 unspecified atom stereocenters. The molecule has 3 aliphatic heterocycles. The van der Waals surface area contributed by atoms with E-state index in [1.165, 1.54) is 6.07 Å². The number of piperidine rings is 2. The van der Waals surface area contributed by atoms with Gasteiger partial charge in [0.15, 0.2) is 0 Å². The second kappa shape index (κ2) is 7.48. The van der Waals surface area contributed by atoms with Crippen molar-refractivity contribution >= 4 is 41.7 Å². The average molecular weight is 411 g/mol. The summed E-state index contributed by atoms with van der Waals surface area (Å²) in [6, 6.07) is 1.46. The topological polar surface area (TPSA) is 113 Å². The van der Waals surface area contributed by atoms with Crippen molar-refractivity contribution in [2.75, 3.05) is 18.0 Å². The Hall–Kier alpha value is -2.52. The highest BCUT2D eigenvalue weighted by molar-refractivity contribution is 6.23. The first kappa shape index (κ1) is 20.2. The fourth-order valence-corrected chi connectivity index (χ4v) is 3.86. The zero-order valence-corrected chi connectivity index (χ0v) is 15.8. The minimum absolute atomic E-state index is 0. The van der Waals surface area contributed by atoms with Crippen molar-refractivity contribution in [3.63, 3.8) is 0 Å². The second-order valence-corrected chi connectivity index (χ2v) is 7.12. The summed E-state index contributed by atoms with van der Waals surface area (Å²) in [6.07, 6.45) is 1.53. The molecule has 28 heavy (non-hydrogen) atoms. The summed E-state index contributed by atoms with van der Waals surface area (Å²) in [5, 5.41) is 2.13. The highest BCUT2D eigenvalue weighted by atomic mass is 35.5. The lowest BCUT2D eigenvalue weighted by Crippen LogP contribution is -2.54. The number of anilines is 1. The molecule has 2 fully saturated rings. The van der Waals surface area contributed by atoms with Gasteiger partial charge >= 0.3 is 0 Å². The molecule has 1 aromatic carbocycles. The van der Waals surface area contributed by atoms with Gasteiger partial charge in [-0.3, -0.25) is 29.4 Å². The highest BCUT2D eigenvalue weighted by Crippen LogP contribution is 2.33. The van der Waals surface area contributed by atoms with Gasteiger partial charge in [-0.05, 0) is 31.4 Å². The standard InChI is InChI=1S/C18H19FN4O4.ClH/c19-12-7-10-11(8-14(12)22-5-3-9(20)4-6-22)18(27)23(17(10)26)13-1-2-15(24)21-16(13)25;/h7-9,13H,1-6,20H2,(H,21,24,25);1H. The van der Waals surface area contributed by atoms with Gasteiger partial charge in [0.2, 0.25) is 11.8 Å². The molecule has 1 atom stereocenters. The van der Waals surface area contributed by atoms with Crippen LogP contribution in [0, 0.1) is 5.82 Å². The minimum atomic E-state index is -1.06. The zero-order valence-electron chi connectivity index (χ0n) is 14.9. The lowest BCUT2D eigenvalue weighted by molar-refractivity contribution is -0.136. The predicted molar refractivity (Wildman–Crippen MR) is 99.7 cm³/mol. The number of amides is 4. The fraction of sp³-hybridized carbons (Fsp3) is 0.444. The van der Waals surface area contributed by atoms with Crippen molar-refractivity contribution in [1.29, 1.82) is 0 Å². The first-order valence-corrected chi connectivity index (χ1v) is 8.92. The molecule has 4 rings (SSSR count). The lowest BCUT2D eigenvalue weighted by atomic mass is 10.0. The van der Waals surface area contributed by atoms with E-state index in [9.17, 15) is 23.6 Å². The van der Waals surface area contributed by atoms with Gasteiger partial charge in [0.1, 0.15) is 11.9 Å². The largest absolute Gasteiger partial charge is 0.369 e. The van der Waals surface area contributed by atoms with Crippen molar-refractivity contribution in [3.05, 3.63) is 29.1 Å². The molecule has 2 saturated heterocycles. The molecule has 0 radical (unpaired) electrons. The van der Waals surface area contributed by atoms with Crippen LogP contribution in [0.2, 0.25) is 0 Å². The molecule has 3 aliphatic rings. The molecular weight excluding hydrogens is 391 g/mol. The van der Waals surface area contributed by atoms with Crippen LogP contribution in [0.3, 0.4) is 0 Å². The Morgan fingerprint density at radius 2 is 1.61 bits per heavy atom. The van der Waals surface area contributed by atoms with Crippen LogP contribution in [-0.2, 0) is 9.59 Å². The van der Waals surface area contributed by atoms with E-state index in [0.29, 0.717) is 25.9 Å². The molecule has 0 spiro atoms. The van der Waals surface area contributed by atoms with Crippen molar-refractivity contribution in [3.8, 4) is 0 Å². The molecule has 0 saturated carbocycles. The number of fused-ring (bicyclic) bond motifs is 1. The predicted octanol–water partition coefficient (Wildman–Crippen LogP) is 0.576. The molecular formula is C18H20ClFN4O4. The van der Waals surface area contributed by atoms with Crippen molar-refractivity contribution in [2.45, 2.75) is 37.8 Å². The Balaban J connectivity index is 0.00000225. The maximum atomic E-state index is 14.6. The summed E-state index contributed by atoms with van der Waals surface area (Å²) in [6.45, 7) is 1.13. The number of imide groups is 2. The summed E-state index contributed by atoms with van der Waals surface area (Å²) in [4.78, 5) is 51.5. The van der Waals surface area contributed by atoms with Crippen LogP contribution in [-0.4, -0.2) is 53.7 Å². The molecule has 4 amide bonds. The minimum Gasteiger partial charge on any atom is -0.369 e. The Labute approximate surface area is 166 Å². The van der Waals surface area contributed by atoms with E-state index in [2.05, 4.69) is 5.32 Å². The summed E-state index contributed by atoms with van der Waals surface area (Å²) in [7, 11) is 0. The van der Waals surface area contributed by atoms with E-state index < -0.39 is 35.5 Å². The number of benzene rings is 1. The van der Waals surface area contributed by atoms with Gasteiger partial charge in [-0.1, -0.05) is 0 Å². The number of halogens is 2. The van der Waals surface area contributed by atoms with E-state index >= 15 is 0 Å². The van der Waals surface area contributed by atoms with E-state index in [1.54, 1.807) is 0 Å². The van der Waals surface area contributed by atoms with Gasteiger partial charge in [0.25, 0.3) is 11.8 Å². The van der Waals surface area contributed by atoms with Crippen LogP contribution in [0.5, 0.6) is 0 Å². The Bertz CT molecular complexity index is 869. The Morgan fingerprint density at radius 3 is 2.21 bits per heavy atom. The second-order valence-electron chi connectivity index (χ2n) is 7.12. The van der Waals surface area contributed by atoms with Gasteiger partial charge in [0, 0.05) is 25.6 Å². The SMILES string of the molecule is Cl.NC1CCN(c2cc3c(cc2F)C(=O)N(C2CCC(=O)NC2=O)C3=O)CC1. The molecule has 1 aromatic rings. The third-order valence-electron chi connectivity index (χ3n) is 5.39. The quantitative estimate of drug-likeness (QED) is 0.689. The smallest absolute Gasteiger partial charge is 0.262 e. The first-order chi connectivity index (χ1) is 12.9. The molecule has 3 heterocycles. The van der Waals surface area contributed by atoms with Crippen LogP contribution in [0.1, 0.15) is 46.4 Å². The molecule has 10 heteroatoms.